The lowest BCUT2D eigenvalue weighted by Crippen LogP contribution is -2.43. The Morgan fingerprint density at radius 2 is 1.87 bits per heavy atom. The average Bonchev–Trinajstić information content (AvgIpc) is 3.54. The van der Waals surface area contributed by atoms with Gasteiger partial charge in [-0.15, -0.1) is 0 Å². The highest BCUT2D eigenvalue weighted by Crippen LogP contribution is 2.43. The Balaban J connectivity index is 1.36. The van der Waals surface area contributed by atoms with Gasteiger partial charge in [0.15, 0.2) is 17.3 Å². The second-order valence-electron chi connectivity index (χ2n) is 8.61. The lowest BCUT2D eigenvalue weighted by atomic mass is 9.87. The number of aryl methyl sites for hydroxylation is 1. The molecule has 0 bridgehead atoms. The molecule has 0 unspecified atom stereocenters. The summed E-state index contributed by atoms with van der Waals surface area (Å²) in [5, 5.41) is 3.32. The molecule has 0 radical (unpaired) electrons. The number of rotatable bonds is 6. The number of carbonyl (C=O) groups excluding carboxylic acids is 1. The summed E-state index contributed by atoms with van der Waals surface area (Å²) in [4.78, 5) is 15.6. The molecule has 0 atom stereocenters. The molecule has 2 aromatic rings. The number of furan rings is 1. The van der Waals surface area contributed by atoms with E-state index >= 15 is 0 Å². The number of amides is 1. The monoisotopic (exact) mass is 426 g/mol. The van der Waals surface area contributed by atoms with Gasteiger partial charge in [0.2, 0.25) is 6.79 Å². The van der Waals surface area contributed by atoms with Crippen LogP contribution in [0.1, 0.15) is 60.0 Å². The summed E-state index contributed by atoms with van der Waals surface area (Å²) in [6, 6.07) is 7.91. The van der Waals surface area contributed by atoms with Gasteiger partial charge < -0.3 is 23.9 Å². The number of nitrogens with zero attached hydrogens (tertiary/aromatic N) is 1. The predicted molar refractivity (Wildman–Crippen MR) is 114 cm³/mol. The number of benzene rings is 1. The largest absolute Gasteiger partial charge is 0.456 e. The SMILES string of the molecule is CCc1oc(C(=O)NC2(c3ccc4c(c3)OCO4)CCCC2)cc1CN1CCOCC1. The first-order valence-corrected chi connectivity index (χ1v) is 11.3. The minimum atomic E-state index is -0.401. The van der Waals surface area contributed by atoms with Crippen molar-refractivity contribution in [3.63, 3.8) is 0 Å². The van der Waals surface area contributed by atoms with Crippen LogP contribution in [-0.2, 0) is 23.2 Å². The van der Waals surface area contributed by atoms with Crippen molar-refractivity contribution >= 4 is 5.91 Å². The maximum absolute atomic E-state index is 13.3. The van der Waals surface area contributed by atoms with E-state index in [1.165, 1.54) is 0 Å². The fourth-order valence-electron chi connectivity index (χ4n) is 4.95. The van der Waals surface area contributed by atoms with Crippen molar-refractivity contribution in [1.29, 1.82) is 0 Å². The van der Waals surface area contributed by atoms with Crippen LogP contribution in [0, 0.1) is 0 Å². The fourth-order valence-corrected chi connectivity index (χ4v) is 4.95. The molecule has 1 saturated heterocycles. The Morgan fingerprint density at radius 3 is 2.65 bits per heavy atom. The van der Waals surface area contributed by atoms with Crippen LogP contribution in [0.2, 0.25) is 0 Å². The van der Waals surface area contributed by atoms with E-state index in [9.17, 15) is 4.79 Å². The molecule has 3 aliphatic rings. The Labute approximate surface area is 182 Å². The zero-order valence-electron chi connectivity index (χ0n) is 18.1. The predicted octanol–water partition coefficient (Wildman–Crippen LogP) is 3.60. The Hall–Kier alpha value is -2.51. The highest BCUT2D eigenvalue weighted by molar-refractivity contribution is 5.92. The molecule has 1 aliphatic carbocycles. The lowest BCUT2D eigenvalue weighted by molar-refractivity contribution is 0.0339. The van der Waals surface area contributed by atoms with E-state index in [1.54, 1.807) is 0 Å². The van der Waals surface area contributed by atoms with Crippen molar-refractivity contribution in [2.24, 2.45) is 0 Å². The summed E-state index contributed by atoms with van der Waals surface area (Å²) < 4.78 is 22.5. The summed E-state index contributed by atoms with van der Waals surface area (Å²) >= 11 is 0. The van der Waals surface area contributed by atoms with Gasteiger partial charge in [-0.1, -0.05) is 25.8 Å². The first-order chi connectivity index (χ1) is 15.2. The van der Waals surface area contributed by atoms with E-state index in [1.807, 2.05) is 24.3 Å². The molecule has 0 spiro atoms. The summed E-state index contributed by atoms with van der Waals surface area (Å²) in [7, 11) is 0. The molecule has 2 fully saturated rings. The second-order valence-corrected chi connectivity index (χ2v) is 8.61. The van der Waals surface area contributed by atoms with Crippen molar-refractivity contribution < 1.29 is 23.4 Å². The lowest BCUT2D eigenvalue weighted by Gasteiger charge is -2.31. The third-order valence-corrected chi connectivity index (χ3v) is 6.67. The van der Waals surface area contributed by atoms with Gasteiger partial charge in [-0.25, -0.2) is 0 Å². The van der Waals surface area contributed by atoms with Gasteiger partial charge in [-0.05, 0) is 36.6 Å². The van der Waals surface area contributed by atoms with Gasteiger partial charge in [-0.2, -0.15) is 0 Å². The molecule has 166 valence electrons. The van der Waals surface area contributed by atoms with Crippen LogP contribution in [0.5, 0.6) is 11.5 Å². The van der Waals surface area contributed by atoms with Crippen molar-refractivity contribution in [3.05, 3.63) is 46.9 Å². The highest BCUT2D eigenvalue weighted by Gasteiger charge is 2.39. The van der Waals surface area contributed by atoms with Crippen LogP contribution in [0.3, 0.4) is 0 Å². The first kappa shape index (κ1) is 20.4. The van der Waals surface area contributed by atoms with Crippen molar-refractivity contribution in [2.75, 3.05) is 33.1 Å². The molecule has 1 saturated carbocycles. The minimum Gasteiger partial charge on any atom is -0.456 e. The van der Waals surface area contributed by atoms with Crippen molar-refractivity contribution in [1.82, 2.24) is 10.2 Å². The quantitative estimate of drug-likeness (QED) is 0.761. The maximum atomic E-state index is 13.3. The molecule has 1 amide bonds. The zero-order chi connectivity index (χ0) is 21.3. The van der Waals surface area contributed by atoms with E-state index in [0.29, 0.717) is 5.76 Å². The molecule has 31 heavy (non-hydrogen) atoms. The molecule has 1 N–H and O–H groups in total. The van der Waals surface area contributed by atoms with E-state index in [0.717, 1.165) is 93.3 Å². The molecule has 5 rings (SSSR count). The minimum absolute atomic E-state index is 0.150. The van der Waals surface area contributed by atoms with Crippen LogP contribution < -0.4 is 14.8 Å². The van der Waals surface area contributed by atoms with Gasteiger partial charge in [0.05, 0.1) is 18.8 Å². The molecular formula is C24H30N2O5. The van der Waals surface area contributed by atoms with Crippen molar-refractivity contribution in [3.8, 4) is 11.5 Å². The number of nitrogens with one attached hydrogen (secondary N) is 1. The van der Waals surface area contributed by atoms with Gasteiger partial charge >= 0.3 is 0 Å². The van der Waals surface area contributed by atoms with E-state index in [4.69, 9.17) is 18.6 Å². The number of hydrogen-bond donors (Lipinski definition) is 1. The summed E-state index contributed by atoms with van der Waals surface area (Å²) in [5.41, 5.74) is 1.76. The van der Waals surface area contributed by atoms with Crippen LogP contribution in [0.15, 0.2) is 28.7 Å². The van der Waals surface area contributed by atoms with Crippen molar-refractivity contribution in [2.45, 2.75) is 51.1 Å². The first-order valence-electron chi connectivity index (χ1n) is 11.3. The number of morpholine rings is 1. The second kappa shape index (κ2) is 8.55. The van der Waals surface area contributed by atoms with Gasteiger partial charge in [0.1, 0.15) is 5.76 Å². The van der Waals surface area contributed by atoms with Crippen LogP contribution >= 0.6 is 0 Å². The van der Waals surface area contributed by atoms with E-state index in [2.05, 4.69) is 17.1 Å². The maximum Gasteiger partial charge on any atom is 0.287 e. The van der Waals surface area contributed by atoms with E-state index in [-0.39, 0.29) is 12.7 Å². The molecule has 1 aromatic heterocycles. The molecule has 7 nitrogen and oxygen atoms in total. The Bertz CT molecular complexity index is 941. The average molecular weight is 427 g/mol. The topological polar surface area (TPSA) is 73.2 Å². The summed E-state index contributed by atoms with van der Waals surface area (Å²) in [6.45, 7) is 6.42. The zero-order valence-corrected chi connectivity index (χ0v) is 18.1. The highest BCUT2D eigenvalue weighted by atomic mass is 16.7. The fraction of sp³-hybridized carbons (Fsp3) is 0.542. The normalized spacial score (nSPS) is 20.2. The Kier molecular flexibility index (Phi) is 5.63. The molecular weight excluding hydrogens is 396 g/mol. The third kappa shape index (κ3) is 4.04. The number of ether oxygens (including phenoxy) is 3. The molecule has 7 heteroatoms. The van der Waals surface area contributed by atoms with Gasteiger partial charge in [0, 0.05) is 31.6 Å². The van der Waals surface area contributed by atoms with E-state index < -0.39 is 5.54 Å². The van der Waals surface area contributed by atoms with Gasteiger partial charge in [0.25, 0.3) is 5.91 Å². The number of hydrogen-bond acceptors (Lipinski definition) is 6. The molecule has 1 aromatic carbocycles. The summed E-state index contributed by atoms with van der Waals surface area (Å²) in [6.07, 6.45) is 4.73. The number of carbonyl (C=O) groups is 1. The molecule has 2 aliphatic heterocycles. The third-order valence-electron chi connectivity index (χ3n) is 6.67. The number of fused-ring (bicyclic) bond motifs is 1. The van der Waals surface area contributed by atoms with Crippen LogP contribution in [0.4, 0.5) is 0 Å². The van der Waals surface area contributed by atoms with Crippen LogP contribution in [-0.4, -0.2) is 43.9 Å². The smallest absolute Gasteiger partial charge is 0.287 e. The Morgan fingerprint density at radius 1 is 1.10 bits per heavy atom. The standard InChI is InChI=1S/C24H30N2O5/c1-2-19-17(15-26-9-11-28-12-10-26)13-22(31-19)23(27)25-24(7-3-4-8-24)18-5-6-20-21(14-18)30-16-29-20/h5-6,13-14H,2-4,7-12,15-16H2,1H3,(H,25,27). The van der Waals surface area contributed by atoms with Gasteiger partial charge in [-0.3, -0.25) is 9.69 Å². The summed E-state index contributed by atoms with van der Waals surface area (Å²) in [5.74, 6) is 2.64. The van der Waals surface area contributed by atoms with Crippen LogP contribution in [0.25, 0.3) is 0 Å². The molecule has 3 heterocycles.